The molecule has 3 aromatic rings. The average molecular weight is 420 g/mol. The number of amides is 1. The summed E-state index contributed by atoms with van der Waals surface area (Å²) in [4.78, 5) is 21.5. The van der Waals surface area contributed by atoms with Gasteiger partial charge in [0.2, 0.25) is 5.96 Å². The number of ether oxygens (including phenoxy) is 3. The van der Waals surface area contributed by atoms with Gasteiger partial charge < -0.3 is 19.5 Å². The number of nitrogens with zero attached hydrogens (tertiary/aromatic N) is 2. The molecule has 31 heavy (non-hydrogen) atoms. The van der Waals surface area contributed by atoms with Gasteiger partial charge in [-0.05, 0) is 48.0 Å². The Hall–Kier alpha value is -4.07. The van der Waals surface area contributed by atoms with Crippen LogP contribution < -0.4 is 24.8 Å². The normalized spacial score (nSPS) is 10.9. The van der Waals surface area contributed by atoms with Gasteiger partial charge in [0.1, 0.15) is 5.75 Å². The second-order valence-corrected chi connectivity index (χ2v) is 6.37. The van der Waals surface area contributed by atoms with Crippen LogP contribution in [0.2, 0.25) is 0 Å². The van der Waals surface area contributed by atoms with Crippen molar-refractivity contribution in [2.75, 3.05) is 26.6 Å². The van der Waals surface area contributed by atoms with Gasteiger partial charge in [0, 0.05) is 18.0 Å². The molecule has 0 bridgehead atoms. The number of carbonyl (C=O) groups is 1. The van der Waals surface area contributed by atoms with E-state index in [0.717, 1.165) is 5.56 Å². The van der Waals surface area contributed by atoms with Gasteiger partial charge in [0.25, 0.3) is 5.91 Å². The molecule has 0 radical (unpaired) electrons. The van der Waals surface area contributed by atoms with Gasteiger partial charge in [-0.2, -0.15) is 0 Å². The minimum atomic E-state index is -0.350. The van der Waals surface area contributed by atoms with Crippen molar-refractivity contribution in [3.8, 4) is 17.2 Å². The molecule has 0 unspecified atom stereocenters. The fraction of sp³-hybridized carbons (Fsp3) is 0.174. The van der Waals surface area contributed by atoms with Crippen molar-refractivity contribution >= 4 is 17.6 Å². The average Bonchev–Trinajstić information content (AvgIpc) is 2.83. The van der Waals surface area contributed by atoms with E-state index >= 15 is 0 Å². The number of aliphatic imine (C=N–C) groups is 1. The summed E-state index contributed by atoms with van der Waals surface area (Å²) >= 11 is 0. The Balaban J connectivity index is 1.86. The predicted octanol–water partition coefficient (Wildman–Crippen LogP) is 3.51. The maximum atomic E-state index is 12.9. The molecule has 0 saturated heterocycles. The van der Waals surface area contributed by atoms with E-state index in [1.807, 2.05) is 36.4 Å². The highest BCUT2D eigenvalue weighted by Gasteiger charge is 2.14. The molecule has 8 heteroatoms. The van der Waals surface area contributed by atoms with E-state index in [9.17, 15) is 4.79 Å². The minimum absolute atomic E-state index is 0.279. The summed E-state index contributed by atoms with van der Waals surface area (Å²) in [7, 11) is 4.64. The fourth-order valence-electron chi connectivity index (χ4n) is 2.80. The Morgan fingerprint density at radius 2 is 1.61 bits per heavy atom. The smallest absolute Gasteiger partial charge is 0.258 e. The van der Waals surface area contributed by atoms with E-state index in [0.29, 0.717) is 35.0 Å². The van der Waals surface area contributed by atoms with E-state index < -0.39 is 0 Å². The molecule has 0 atom stereocenters. The first kappa shape index (κ1) is 21.6. The molecule has 3 rings (SSSR count). The molecule has 1 heterocycles. The highest BCUT2D eigenvalue weighted by atomic mass is 16.5. The zero-order valence-corrected chi connectivity index (χ0v) is 17.6. The standard InChI is InChI=1S/C23H24N4O4/c1-29-19-7-5-4-6-18(19)26-23(25-15-16-10-12-24-13-11-16)27-22(28)17-8-9-20(30-2)21(14-17)31-3/h4-14H,15H2,1-3H3,(H2,25,26,27,28). The molecule has 1 amide bonds. The third-order valence-electron chi connectivity index (χ3n) is 4.41. The quantitative estimate of drug-likeness (QED) is 0.449. The van der Waals surface area contributed by atoms with Crippen LogP contribution in [0.5, 0.6) is 17.2 Å². The summed E-state index contributed by atoms with van der Waals surface area (Å²) in [6.45, 7) is 0.353. The van der Waals surface area contributed by atoms with Gasteiger partial charge >= 0.3 is 0 Å². The number of pyridine rings is 1. The lowest BCUT2D eigenvalue weighted by atomic mass is 10.2. The molecule has 0 spiro atoms. The minimum Gasteiger partial charge on any atom is -0.495 e. The van der Waals surface area contributed by atoms with E-state index in [4.69, 9.17) is 14.2 Å². The summed E-state index contributed by atoms with van der Waals surface area (Å²) in [6.07, 6.45) is 3.39. The topological polar surface area (TPSA) is 94.1 Å². The summed E-state index contributed by atoms with van der Waals surface area (Å²) < 4.78 is 15.9. The monoisotopic (exact) mass is 420 g/mol. The van der Waals surface area contributed by atoms with Crippen molar-refractivity contribution in [3.63, 3.8) is 0 Å². The third kappa shape index (κ3) is 5.72. The van der Waals surface area contributed by atoms with Crippen LogP contribution in [0.25, 0.3) is 0 Å². The number of methoxy groups -OCH3 is 3. The molecule has 160 valence electrons. The highest BCUT2D eigenvalue weighted by molar-refractivity contribution is 6.10. The van der Waals surface area contributed by atoms with Crippen LogP contribution in [-0.4, -0.2) is 38.2 Å². The lowest BCUT2D eigenvalue weighted by Crippen LogP contribution is -2.36. The van der Waals surface area contributed by atoms with Crippen LogP contribution in [0.3, 0.4) is 0 Å². The SMILES string of the molecule is COc1ccccc1NC(=NCc1ccncc1)NC(=O)c1ccc(OC)c(OC)c1. The number of guanidine groups is 1. The Morgan fingerprint density at radius 1 is 0.903 bits per heavy atom. The Labute approximate surface area is 180 Å². The van der Waals surface area contributed by atoms with Gasteiger partial charge in [-0.1, -0.05) is 12.1 Å². The molecule has 0 aliphatic rings. The molecule has 0 aliphatic carbocycles. The number of para-hydroxylation sites is 2. The van der Waals surface area contributed by atoms with E-state index in [2.05, 4.69) is 20.6 Å². The Morgan fingerprint density at radius 3 is 2.32 bits per heavy atom. The van der Waals surface area contributed by atoms with Crippen LogP contribution in [0.1, 0.15) is 15.9 Å². The highest BCUT2D eigenvalue weighted by Crippen LogP contribution is 2.27. The number of rotatable bonds is 7. The Kier molecular flexibility index (Phi) is 7.42. The Bertz CT molecular complexity index is 1050. The summed E-state index contributed by atoms with van der Waals surface area (Å²) in [5.74, 6) is 1.55. The van der Waals surface area contributed by atoms with Crippen molar-refractivity contribution in [3.05, 3.63) is 78.1 Å². The number of hydrogen-bond acceptors (Lipinski definition) is 6. The molecule has 2 N–H and O–H groups in total. The van der Waals surface area contributed by atoms with Gasteiger partial charge in [0.15, 0.2) is 11.5 Å². The summed E-state index contributed by atoms with van der Waals surface area (Å²) in [5.41, 5.74) is 2.02. The van der Waals surface area contributed by atoms with Gasteiger partial charge in [-0.25, -0.2) is 4.99 Å². The number of aromatic nitrogens is 1. The van der Waals surface area contributed by atoms with Crippen LogP contribution >= 0.6 is 0 Å². The number of carbonyl (C=O) groups excluding carboxylic acids is 1. The molecule has 8 nitrogen and oxygen atoms in total. The van der Waals surface area contributed by atoms with E-state index in [-0.39, 0.29) is 11.9 Å². The van der Waals surface area contributed by atoms with Crippen LogP contribution in [0.4, 0.5) is 5.69 Å². The summed E-state index contributed by atoms with van der Waals surface area (Å²) in [6, 6.07) is 16.0. The van der Waals surface area contributed by atoms with E-state index in [1.165, 1.54) is 7.11 Å². The zero-order valence-electron chi connectivity index (χ0n) is 17.6. The van der Waals surface area contributed by atoms with E-state index in [1.54, 1.807) is 44.8 Å². The zero-order chi connectivity index (χ0) is 22.1. The van der Waals surface area contributed by atoms with Crippen molar-refractivity contribution in [2.45, 2.75) is 6.54 Å². The maximum Gasteiger partial charge on any atom is 0.258 e. The number of benzene rings is 2. The molecule has 0 fully saturated rings. The largest absolute Gasteiger partial charge is 0.495 e. The summed E-state index contributed by atoms with van der Waals surface area (Å²) in [5, 5.41) is 5.97. The van der Waals surface area contributed by atoms with Crippen LogP contribution in [-0.2, 0) is 6.54 Å². The molecule has 0 saturated carbocycles. The van der Waals surface area contributed by atoms with Gasteiger partial charge in [-0.15, -0.1) is 0 Å². The lowest BCUT2D eigenvalue weighted by Gasteiger charge is -2.15. The number of nitrogens with one attached hydrogen (secondary N) is 2. The third-order valence-corrected chi connectivity index (χ3v) is 4.41. The molecular formula is C23H24N4O4. The number of anilines is 1. The second kappa shape index (κ2) is 10.6. The second-order valence-electron chi connectivity index (χ2n) is 6.37. The molecular weight excluding hydrogens is 396 g/mol. The number of hydrogen-bond donors (Lipinski definition) is 2. The fourth-order valence-corrected chi connectivity index (χ4v) is 2.80. The van der Waals surface area contributed by atoms with Crippen LogP contribution in [0.15, 0.2) is 72.0 Å². The first-order chi connectivity index (χ1) is 15.1. The predicted molar refractivity (Wildman–Crippen MR) is 119 cm³/mol. The van der Waals surface area contributed by atoms with Crippen molar-refractivity contribution < 1.29 is 19.0 Å². The molecule has 2 aromatic carbocycles. The van der Waals surface area contributed by atoms with Crippen molar-refractivity contribution in [2.24, 2.45) is 4.99 Å². The van der Waals surface area contributed by atoms with Crippen molar-refractivity contribution in [1.29, 1.82) is 0 Å². The van der Waals surface area contributed by atoms with Gasteiger partial charge in [-0.3, -0.25) is 15.1 Å². The van der Waals surface area contributed by atoms with Gasteiger partial charge in [0.05, 0.1) is 33.6 Å². The maximum absolute atomic E-state index is 12.9. The van der Waals surface area contributed by atoms with Crippen molar-refractivity contribution in [1.82, 2.24) is 10.3 Å². The molecule has 1 aromatic heterocycles. The first-order valence-electron chi connectivity index (χ1n) is 9.51. The van der Waals surface area contributed by atoms with Crippen LogP contribution in [0, 0.1) is 0 Å². The molecule has 0 aliphatic heterocycles. The lowest BCUT2D eigenvalue weighted by molar-refractivity contribution is 0.0976. The first-order valence-corrected chi connectivity index (χ1v) is 9.51.